The van der Waals surface area contributed by atoms with Crippen LogP contribution in [-0.4, -0.2) is 0 Å². The van der Waals surface area contributed by atoms with Gasteiger partial charge in [0.15, 0.2) is 0 Å². The van der Waals surface area contributed by atoms with Gasteiger partial charge in [-0.05, 0) is 54.3 Å². The highest BCUT2D eigenvalue weighted by Crippen LogP contribution is 2.38. The molecule has 0 saturated heterocycles. The molecule has 0 aliphatic rings. The molecule has 0 fully saturated rings. The van der Waals surface area contributed by atoms with Crippen LogP contribution in [0.5, 0.6) is 0 Å². The van der Waals surface area contributed by atoms with E-state index in [0.29, 0.717) is 15.6 Å². The van der Waals surface area contributed by atoms with Gasteiger partial charge in [0.1, 0.15) is 5.82 Å². The average molecular weight is 382 g/mol. The molecule has 0 saturated carbocycles. The van der Waals surface area contributed by atoms with Crippen molar-refractivity contribution < 1.29 is 17.6 Å². The van der Waals surface area contributed by atoms with Crippen LogP contribution in [0.15, 0.2) is 34.8 Å². The van der Waals surface area contributed by atoms with Crippen molar-refractivity contribution in [2.24, 2.45) is 0 Å². The number of aryl methyl sites for hydroxylation is 1. The molecule has 2 rings (SSSR count). The van der Waals surface area contributed by atoms with E-state index < -0.39 is 11.7 Å². The molecule has 0 aromatic heterocycles. The molecule has 0 bridgehead atoms. The summed E-state index contributed by atoms with van der Waals surface area (Å²) in [4.78, 5) is 0. The van der Waals surface area contributed by atoms with Crippen molar-refractivity contribution in [3.05, 3.63) is 67.9 Å². The minimum absolute atomic E-state index is 0.257. The molecule has 0 atom stereocenters. The molecule has 2 aromatic rings. The lowest BCUT2D eigenvalue weighted by atomic mass is 9.99. The Morgan fingerprint density at radius 1 is 1.10 bits per heavy atom. The van der Waals surface area contributed by atoms with E-state index in [1.165, 1.54) is 18.2 Å². The highest BCUT2D eigenvalue weighted by atomic mass is 79.9. The second kappa shape index (κ2) is 5.97. The standard InChI is InChI=1S/C15H10BrClF4/c1-8-4-11(18)3-2-9(8)5-10-6-12(15(19,20)21)14(17)7-13(10)16/h2-4,6-7H,5H2,1H3. The van der Waals surface area contributed by atoms with E-state index in [1.807, 2.05) is 0 Å². The molecule has 6 heteroatoms. The van der Waals surface area contributed by atoms with Crippen molar-refractivity contribution in [3.8, 4) is 0 Å². The van der Waals surface area contributed by atoms with Gasteiger partial charge in [-0.2, -0.15) is 13.2 Å². The second-order valence-electron chi connectivity index (χ2n) is 4.67. The van der Waals surface area contributed by atoms with Gasteiger partial charge in [-0.25, -0.2) is 4.39 Å². The Balaban J connectivity index is 2.44. The number of benzene rings is 2. The number of hydrogen-bond acceptors (Lipinski definition) is 0. The molecule has 0 heterocycles. The third-order valence-corrected chi connectivity index (χ3v) is 4.18. The Bertz CT molecular complexity index is 680. The first-order chi connectivity index (χ1) is 9.68. The highest BCUT2D eigenvalue weighted by Gasteiger charge is 2.33. The Hall–Kier alpha value is -1.07. The smallest absolute Gasteiger partial charge is 0.207 e. The maximum atomic E-state index is 13.1. The first kappa shape index (κ1) is 16.3. The van der Waals surface area contributed by atoms with Crippen LogP contribution in [0.1, 0.15) is 22.3 Å². The Morgan fingerprint density at radius 3 is 2.33 bits per heavy atom. The van der Waals surface area contributed by atoms with Crippen LogP contribution in [0.2, 0.25) is 5.02 Å². The maximum absolute atomic E-state index is 13.1. The molecule has 0 spiro atoms. The zero-order valence-electron chi connectivity index (χ0n) is 10.9. The van der Waals surface area contributed by atoms with E-state index in [2.05, 4.69) is 15.9 Å². The minimum Gasteiger partial charge on any atom is -0.207 e. The van der Waals surface area contributed by atoms with E-state index in [9.17, 15) is 17.6 Å². The maximum Gasteiger partial charge on any atom is 0.417 e. The quantitative estimate of drug-likeness (QED) is 0.547. The fourth-order valence-corrected chi connectivity index (χ4v) is 2.90. The van der Waals surface area contributed by atoms with Crippen molar-refractivity contribution in [1.29, 1.82) is 0 Å². The Kier molecular flexibility index (Phi) is 4.63. The predicted molar refractivity (Wildman–Crippen MR) is 78.1 cm³/mol. The summed E-state index contributed by atoms with van der Waals surface area (Å²) in [6.45, 7) is 1.72. The normalized spacial score (nSPS) is 11.8. The summed E-state index contributed by atoms with van der Waals surface area (Å²) in [6.07, 6.45) is -4.25. The van der Waals surface area contributed by atoms with E-state index in [0.717, 1.165) is 11.6 Å². The van der Waals surface area contributed by atoms with Crippen LogP contribution < -0.4 is 0 Å². The monoisotopic (exact) mass is 380 g/mol. The molecular formula is C15H10BrClF4. The average Bonchev–Trinajstić information content (AvgIpc) is 2.33. The lowest BCUT2D eigenvalue weighted by Gasteiger charge is -2.14. The van der Waals surface area contributed by atoms with Gasteiger partial charge in [0.05, 0.1) is 10.6 Å². The molecule has 0 nitrogen and oxygen atoms in total. The molecule has 0 amide bonds. The van der Waals surface area contributed by atoms with E-state index >= 15 is 0 Å². The molecule has 112 valence electrons. The molecule has 0 unspecified atom stereocenters. The SMILES string of the molecule is Cc1cc(F)ccc1Cc1cc(C(F)(F)F)c(Cl)cc1Br. The van der Waals surface area contributed by atoms with Gasteiger partial charge in [-0.1, -0.05) is 33.6 Å². The van der Waals surface area contributed by atoms with Crippen LogP contribution in [0.3, 0.4) is 0 Å². The predicted octanol–water partition coefficient (Wildman–Crippen LogP) is 6.16. The zero-order chi connectivity index (χ0) is 15.8. The fraction of sp³-hybridized carbons (Fsp3) is 0.200. The Morgan fingerprint density at radius 2 is 1.76 bits per heavy atom. The Labute approximate surface area is 132 Å². The highest BCUT2D eigenvalue weighted by molar-refractivity contribution is 9.10. The van der Waals surface area contributed by atoms with Crippen molar-refractivity contribution in [3.63, 3.8) is 0 Å². The molecule has 0 N–H and O–H groups in total. The van der Waals surface area contributed by atoms with Crippen LogP contribution in [-0.2, 0) is 12.6 Å². The summed E-state index contributed by atoms with van der Waals surface area (Å²) >= 11 is 8.86. The third kappa shape index (κ3) is 3.77. The van der Waals surface area contributed by atoms with Crippen LogP contribution in [0.25, 0.3) is 0 Å². The van der Waals surface area contributed by atoms with E-state index in [4.69, 9.17) is 11.6 Å². The van der Waals surface area contributed by atoms with Gasteiger partial charge in [-0.3, -0.25) is 0 Å². The molecule has 0 radical (unpaired) electrons. The molecule has 21 heavy (non-hydrogen) atoms. The van der Waals surface area contributed by atoms with Gasteiger partial charge in [0.25, 0.3) is 0 Å². The van der Waals surface area contributed by atoms with Crippen LogP contribution in [0, 0.1) is 12.7 Å². The topological polar surface area (TPSA) is 0 Å². The summed E-state index contributed by atoms with van der Waals surface area (Å²) in [5.74, 6) is -0.373. The largest absolute Gasteiger partial charge is 0.417 e. The minimum atomic E-state index is -4.51. The van der Waals surface area contributed by atoms with Crippen molar-refractivity contribution >= 4 is 27.5 Å². The van der Waals surface area contributed by atoms with E-state index in [-0.39, 0.29) is 17.3 Å². The number of rotatable bonds is 2. The first-order valence-electron chi connectivity index (χ1n) is 5.98. The van der Waals surface area contributed by atoms with Crippen molar-refractivity contribution in [2.45, 2.75) is 19.5 Å². The third-order valence-electron chi connectivity index (χ3n) is 3.13. The summed E-state index contributed by atoms with van der Waals surface area (Å²) in [5.41, 5.74) is 1.02. The first-order valence-corrected chi connectivity index (χ1v) is 7.15. The van der Waals surface area contributed by atoms with Crippen molar-refractivity contribution in [2.75, 3.05) is 0 Å². The van der Waals surface area contributed by atoms with Gasteiger partial charge >= 0.3 is 6.18 Å². The van der Waals surface area contributed by atoms with Gasteiger partial charge in [0.2, 0.25) is 0 Å². The molecule has 0 aliphatic heterocycles. The van der Waals surface area contributed by atoms with Crippen LogP contribution >= 0.6 is 27.5 Å². The van der Waals surface area contributed by atoms with Gasteiger partial charge in [-0.15, -0.1) is 0 Å². The van der Waals surface area contributed by atoms with Crippen LogP contribution in [0.4, 0.5) is 17.6 Å². The number of alkyl halides is 3. The molecule has 2 aromatic carbocycles. The van der Waals surface area contributed by atoms with E-state index in [1.54, 1.807) is 13.0 Å². The molecular weight excluding hydrogens is 372 g/mol. The summed E-state index contributed by atoms with van der Waals surface area (Å²) in [6, 6.07) is 6.47. The molecule has 0 aliphatic carbocycles. The summed E-state index contributed by atoms with van der Waals surface area (Å²) < 4.78 is 52.2. The van der Waals surface area contributed by atoms with Crippen molar-refractivity contribution in [1.82, 2.24) is 0 Å². The zero-order valence-corrected chi connectivity index (χ0v) is 13.2. The summed E-state index contributed by atoms with van der Waals surface area (Å²) in [5, 5.41) is -0.353. The second-order valence-corrected chi connectivity index (χ2v) is 5.93. The number of hydrogen-bond donors (Lipinski definition) is 0. The van der Waals surface area contributed by atoms with Gasteiger partial charge in [0, 0.05) is 4.47 Å². The van der Waals surface area contributed by atoms with Gasteiger partial charge < -0.3 is 0 Å². The lowest BCUT2D eigenvalue weighted by Crippen LogP contribution is -2.07. The lowest BCUT2D eigenvalue weighted by molar-refractivity contribution is -0.137. The summed E-state index contributed by atoms with van der Waals surface area (Å²) in [7, 11) is 0. The number of halogens is 6. The fourth-order valence-electron chi connectivity index (χ4n) is 2.01.